The summed E-state index contributed by atoms with van der Waals surface area (Å²) in [5.74, 6) is 5.30. The summed E-state index contributed by atoms with van der Waals surface area (Å²) in [5, 5.41) is 10.5. The summed E-state index contributed by atoms with van der Waals surface area (Å²) >= 11 is 0. The van der Waals surface area contributed by atoms with E-state index in [0.29, 0.717) is 33.4 Å². The molecule has 6 nitrogen and oxygen atoms in total. The van der Waals surface area contributed by atoms with Crippen LogP contribution in [-0.2, 0) is 0 Å². The van der Waals surface area contributed by atoms with Crippen molar-refractivity contribution < 1.29 is 14.3 Å². The number of nitrogen functional groups attached to an aromatic ring is 1. The topological polar surface area (TPSA) is 106 Å². The maximum Gasteiger partial charge on any atom is 0.265 e. The van der Waals surface area contributed by atoms with E-state index in [4.69, 9.17) is 10.3 Å². The summed E-state index contributed by atoms with van der Waals surface area (Å²) in [6.07, 6.45) is 0. The van der Waals surface area contributed by atoms with Crippen molar-refractivity contribution in [2.75, 3.05) is 0 Å². The van der Waals surface area contributed by atoms with E-state index in [0.717, 1.165) is 5.56 Å². The van der Waals surface area contributed by atoms with Crippen LogP contribution in [0.15, 0.2) is 69.9 Å². The Hall–Kier alpha value is -3.64. The first-order valence-corrected chi connectivity index (χ1v) is 7.88. The number of aromatic hydroxyl groups is 1. The van der Waals surface area contributed by atoms with Gasteiger partial charge in [0.25, 0.3) is 5.91 Å². The number of hydrazine groups is 1. The monoisotopic (exact) mass is 346 g/mol. The van der Waals surface area contributed by atoms with Crippen molar-refractivity contribution in [3.05, 3.63) is 76.5 Å². The Morgan fingerprint density at radius 3 is 2.62 bits per heavy atom. The van der Waals surface area contributed by atoms with Crippen molar-refractivity contribution in [3.8, 4) is 28.2 Å². The van der Waals surface area contributed by atoms with Gasteiger partial charge < -0.3 is 9.52 Å². The van der Waals surface area contributed by atoms with Gasteiger partial charge in [-0.15, -0.1) is 0 Å². The van der Waals surface area contributed by atoms with Gasteiger partial charge in [-0.2, -0.15) is 0 Å². The minimum atomic E-state index is -0.429. The van der Waals surface area contributed by atoms with Crippen LogP contribution in [-0.4, -0.2) is 11.0 Å². The molecular weight excluding hydrogens is 332 g/mol. The second-order valence-electron chi connectivity index (χ2n) is 5.83. The number of amides is 1. The van der Waals surface area contributed by atoms with Crippen LogP contribution in [0.2, 0.25) is 0 Å². The highest BCUT2D eigenvalue weighted by atomic mass is 16.3. The molecule has 0 radical (unpaired) electrons. The first-order chi connectivity index (χ1) is 12.6. The Morgan fingerprint density at radius 2 is 1.81 bits per heavy atom. The zero-order valence-electron chi connectivity index (χ0n) is 13.5. The Labute approximate surface area is 147 Å². The molecule has 0 saturated heterocycles. The normalized spacial score (nSPS) is 11.0. The molecule has 0 atom stereocenters. The quantitative estimate of drug-likeness (QED) is 0.224. The average Bonchev–Trinajstić information content (AvgIpc) is 2.65. The number of carbonyl (C=O) groups is 1. The highest BCUT2D eigenvalue weighted by Crippen LogP contribution is 2.41. The molecule has 128 valence electrons. The maximum atomic E-state index is 12.2. The first kappa shape index (κ1) is 15.9. The van der Waals surface area contributed by atoms with E-state index in [2.05, 4.69) is 5.43 Å². The number of rotatable bonds is 2. The number of hydrogen-bond acceptors (Lipinski definition) is 5. The highest BCUT2D eigenvalue weighted by Gasteiger charge is 2.21. The van der Waals surface area contributed by atoms with Crippen molar-refractivity contribution in [2.24, 2.45) is 5.84 Å². The Bertz CT molecular complexity index is 1180. The molecule has 0 aromatic heterocycles. The summed E-state index contributed by atoms with van der Waals surface area (Å²) < 4.78 is 5.81. The molecule has 26 heavy (non-hydrogen) atoms. The van der Waals surface area contributed by atoms with Gasteiger partial charge in [-0.1, -0.05) is 18.2 Å². The van der Waals surface area contributed by atoms with Gasteiger partial charge in [0.15, 0.2) is 5.43 Å². The minimum Gasteiger partial charge on any atom is -0.508 e. The average molecular weight is 346 g/mol. The van der Waals surface area contributed by atoms with Crippen LogP contribution in [0.25, 0.3) is 33.4 Å². The smallest absolute Gasteiger partial charge is 0.265 e. The summed E-state index contributed by atoms with van der Waals surface area (Å²) in [5.41, 5.74) is 4.80. The number of fused-ring (bicyclic) bond motifs is 2. The highest BCUT2D eigenvalue weighted by molar-refractivity contribution is 6.09. The van der Waals surface area contributed by atoms with E-state index in [1.807, 2.05) is 6.07 Å². The van der Waals surface area contributed by atoms with Gasteiger partial charge >= 0.3 is 0 Å². The number of phenolic OH excluding ortho intramolecular Hbond substituents is 1. The zero-order chi connectivity index (χ0) is 18.3. The Kier molecular flexibility index (Phi) is 3.67. The van der Waals surface area contributed by atoms with Gasteiger partial charge in [0.2, 0.25) is 0 Å². The number of benzene rings is 3. The van der Waals surface area contributed by atoms with Crippen LogP contribution in [0.3, 0.4) is 0 Å². The fraction of sp³-hybridized carbons (Fsp3) is 0. The van der Waals surface area contributed by atoms with Gasteiger partial charge in [0.05, 0.1) is 0 Å². The van der Waals surface area contributed by atoms with Gasteiger partial charge in [-0.05, 0) is 35.9 Å². The van der Waals surface area contributed by atoms with Gasteiger partial charge in [0.1, 0.15) is 17.1 Å². The van der Waals surface area contributed by atoms with Crippen molar-refractivity contribution in [1.82, 2.24) is 5.43 Å². The third kappa shape index (κ3) is 2.49. The number of nitrogens with two attached hydrogens (primary N) is 1. The predicted molar refractivity (Wildman–Crippen MR) is 97.9 cm³/mol. The fourth-order valence-electron chi connectivity index (χ4n) is 3.13. The number of hydrogen-bond donors (Lipinski definition) is 3. The molecule has 2 aromatic rings. The Balaban J connectivity index is 2.18. The third-order valence-electron chi connectivity index (χ3n) is 4.25. The molecule has 6 heteroatoms. The fourth-order valence-corrected chi connectivity index (χ4v) is 3.13. The van der Waals surface area contributed by atoms with Crippen LogP contribution in [0.5, 0.6) is 5.75 Å². The first-order valence-electron chi connectivity index (χ1n) is 7.88. The van der Waals surface area contributed by atoms with E-state index in [1.54, 1.807) is 36.4 Å². The van der Waals surface area contributed by atoms with Crippen LogP contribution in [0.4, 0.5) is 0 Å². The molecule has 1 aliphatic carbocycles. The van der Waals surface area contributed by atoms with Gasteiger partial charge in [-0.3, -0.25) is 15.0 Å². The number of phenols is 1. The molecule has 1 amide bonds. The minimum absolute atomic E-state index is 0.0396. The van der Waals surface area contributed by atoms with E-state index < -0.39 is 5.91 Å². The standard InChI is InChI=1S/C20H14N2O4/c21-22-20(25)14-4-2-1-3-13(14)19-15-7-5-11(23)9-17(15)26-18-10-12(24)6-8-16(18)19/h1-10,23H,21H2,(H,22,25). The van der Waals surface area contributed by atoms with Crippen LogP contribution >= 0.6 is 0 Å². The molecule has 2 aliphatic rings. The lowest BCUT2D eigenvalue weighted by molar-refractivity contribution is 0.0954. The number of nitrogens with one attached hydrogen (secondary N) is 1. The molecule has 0 unspecified atom stereocenters. The summed E-state index contributed by atoms with van der Waals surface area (Å²) in [7, 11) is 0. The lowest BCUT2D eigenvalue weighted by Crippen LogP contribution is -2.30. The van der Waals surface area contributed by atoms with Crippen molar-refractivity contribution >= 4 is 16.9 Å². The summed E-state index contributed by atoms with van der Waals surface area (Å²) in [4.78, 5) is 24.0. The number of carbonyl (C=O) groups excluding carboxylic acids is 1. The van der Waals surface area contributed by atoms with E-state index in [-0.39, 0.29) is 11.2 Å². The van der Waals surface area contributed by atoms with Crippen LogP contribution in [0, 0.1) is 0 Å². The molecule has 1 heterocycles. The van der Waals surface area contributed by atoms with Gasteiger partial charge in [0, 0.05) is 34.2 Å². The lowest BCUT2D eigenvalue weighted by atomic mass is 9.90. The molecule has 0 fully saturated rings. The largest absolute Gasteiger partial charge is 0.508 e. The molecule has 2 aromatic carbocycles. The molecule has 0 bridgehead atoms. The third-order valence-corrected chi connectivity index (χ3v) is 4.25. The predicted octanol–water partition coefficient (Wildman–Crippen LogP) is 2.87. The lowest BCUT2D eigenvalue weighted by Gasteiger charge is -2.17. The Morgan fingerprint density at radius 1 is 1.00 bits per heavy atom. The second-order valence-corrected chi connectivity index (χ2v) is 5.83. The summed E-state index contributed by atoms with van der Waals surface area (Å²) in [6, 6.07) is 16.2. The second kappa shape index (κ2) is 6.02. The van der Waals surface area contributed by atoms with Crippen LogP contribution < -0.4 is 16.7 Å². The molecule has 1 aliphatic heterocycles. The van der Waals surface area contributed by atoms with Crippen LogP contribution in [0.1, 0.15) is 10.4 Å². The van der Waals surface area contributed by atoms with E-state index in [1.165, 1.54) is 18.2 Å². The summed E-state index contributed by atoms with van der Waals surface area (Å²) in [6.45, 7) is 0. The molecule has 4 N–H and O–H groups in total. The maximum absolute atomic E-state index is 12.2. The van der Waals surface area contributed by atoms with Crippen molar-refractivity contribution in [1.29, 1.82) is 0 Å². The molecule has 4 rings (SSSR count). The van der Waals surface area contributed by atoms with E-state index >= 15 is 0 Å². The molecular formula is C20H14N2O4. The SMILES string of the molecule is NNC(=O)c1ccccc1-c1c2ccc(=O)cc-2oc2cc(O)ccc12. The molecule has 0 spiro atoms. The van der Waals surface area contributed by atoms with Crippen molar-refractivity contribution in [2.45, 2.75) is 0 Å². The van der Waals surface area contributed by atoms with Gasteiger partial charge in [-0.25, -0.2) is 5.84 Å². The van der Waals surface area contributed by atoms with Crippen molar-refractivity contribution in [3.63, 3.8) is 0 Å². The molecule has 0 saturated carbocycles. The van der Waals surface area contributed by atoms with E-state index in [9.17, 15) is 14.7 Å². The zero-order valence-corrected chi connectivity index (χ0v) is 13.5.